The van der Waals surface area contributed by atoms with E-state index in [1.807, 2.05) is 0 Å². The van der Waals surface area contributed by atoms with Gasteiger partial charge in [0.05, 0.1) is 25.4 Å². The summed E-state index contributed by atoms with van der Waals surface area (Å²) in [4.78, 5) is 13.2. The maximum Gasteiger partial charge on any atom is 0.249 e. The van der Waals surface area contributed by atoms with E-state index in [0.29, 0.717) is 19.3 Å². The van der Waals surface area contributed by atoms with E-state index in [4.69, 9.17) is 9.47 Å². The normalized spacial score (nSPS) is 20.8. The number of nitrogens with one attached hydrogen (secondary N) is 1. The molecule has 9 atom stereocenters. The van der Waals surface area contributed by atoms with Crippen LogP contribution in [0.5, 0.6) is 0 Å². The summed E-state index contributed by atoms with van der Waals surface area (Å²) in [5.41, 5.74) is 0. The Labute approximate surface area is 399 Å². The lowest BCUT2D eigenvalue weighted by Gasteiger charge is -2.40. The standard InChI is InChI=1S/C54H107NO10/c1-3-5-7-9-11-13-15-17-19-21-23-24-26-28-30-32-34-36-38-40-42-47(58)53(63)55-45(44-64-54-52(62)51(61)50(60)48(43-56)65-54)49(59)46(57)41-39-37-35-33-31-29-27-25-22-20-18-16-14-12-10-8-6-4-2/h45-52,54,56-62H,3-44H2,1-2H3,(H,55,63). The second-order valence-electron chi connectivity index (χ2n) is 20.0. The first kappa shape index (κ1) is 62.1. The summed E-state index contributed by atoms with van der Waals surface area (Å²) in [6, 6.07) is -1.16. The minimum absolute atomic E-state index is 0.267. The number of aliphatic hydroxyl groups is 7. The van der Waals surface area contributed by atoms with Crippen LogP contribution in [0.1, 0.15) is 271 Å². The molecular weight excluding hydrogens is 823 g/mol. The summed E-state index contributed by atoms with van der Waals surface area (Å²) >= 11 is 0. The second kappa shape index (κ2) is 44.3. The summed E-state index contributed by atoms with van der Waals surface area (Å²) in [6.45, 7) is 3.49. The first-order chi connectivity index (χ1) is 31.7. The molecule has 11 nitrogen and oxygen atoms in total. The third kappa shape index (κ3) is 33.3. The predicted molar refractivity (Wildman–Crippen MR) is 266 cm³/mol. The molecule has 1 saturated heterocycles. The van der Waals surface area contributed by atoms with E-state index in [-0.39, 0.29) is 6.42 Å². The van der Waals surface area contributed by atoms with Gasteiger partial charge in [-0.3, -0.25) is 4.79 Å². The Morgan fingerprint density at radius 3 is 1.14 bits per heavy atom. The molecule has 388 valence electrons. The molecule has 8 N–H and O–H groups in total. The smallest absolute Gasteiger partial charge is 0.249 e. The fourth-order valence-electron chi connectivity index (χ4n) is 9.33. The Balaban J connectivity index is 2.33. The van der Waals surface area contributed by atoms with Crippen molar-refractivity contribution in [2.45, 2.75) is 326 Å². The average molecular weight is 930 g/mol. The van der Waals surface area contributed by atoms with Crippen molar-refractivity contribution in [1.29, 1.82) is 0 Å². The van der Waals surface area contributed by atoms with Gasteiger partial charge in [0.25, 0.3) is 0 Å². The van der Waals surface area contributed by atoms with Crippen molar-refractivity contribution >= 4 is 5.91 Å². The molecule has 1 amide bonds. The number of ether oxygens (including phenoxy) is 2. The van der Waals surface area contributed by atoms with Crippen LogP contribution in [0.2, 0.25) is 0 Å². The van der Waals surface area contributed by atoms with E-state index in [2.05, 4.69) is 19.2 Å². The quantitative estimate of drug-likeness (QED) is 0.0273. The zero-order valence-corrected chi connectivity index (χ0v) is 42.2. The number of carbonyl (C=O) groups is 1. The van der Waals surface area contributed by atoms with Crippen molar-refractivity contribution < 1.29 is 50.0 Å². The highest BCUT2D eigenvalue weighted by molar-refractivity contribution is 5.80. The summed E-state index contributed by atoms with van der Waals surface area (Å²) in [6.07, 6.45) is 37.2. The minimum Gasteiger partial charge on any atom is -0.394 e. The van der Waals surface area contributed by atoms with Gasteiger partial charge in [-0.1, -0.05) is 258 Å². The van der Waals surface area contributed by atoms with Gasteiger partial charge in [-0.2, -0.15) is 0 Å². The molecule has 0 aromatic carbocycles. The fraction of sp³-hybridized carbons (Fsp3) is 0.981. The fourth-order valence-corrected chi connectivity index (χ4v) is 9.33. The number of carbonyl (C=O) groups excluding carboxylic acids is 1. The van der Waals surface area contributed by atoms with E-state index >= 15 is 0 Å². The van der Waals surface area contributed by atoms with Crippen molar-refractivity contribution in [3.63, 3.8) is 0 Å². The maximum atomic E-state index is 13.2. The lowest BCUT2D eigenvalue weighted by atomic mass is 9.98. The summed E-state index contributed by atoms with van der Waals surface area (Å²) in [5, 5.41) is 76.1. The second-order valence-corrected chi connectivity index (χ2v) is 20.0. The average Bonchev–Trinajstić information content (AvgIpc) is 3.31. The molecule has 0 aromatic rings. The number of hydrogen-bond acceptors (Lipinski definition) is 10. The largest absolute Gasteiger partial charge is 0.394 e. The Bertz CT molecular complexity index is 1020. The highest BCUT2D eigenvalue weighted by atomic mass is 16.7. The molecule has 0 saturated carbocycles. The Hall–Kier alpha value is -0.890. The molecule has 11 heteroatoms. The zero-order valence-electron chi connectivity index (χ0n) is 42.2. The van der Waals surface area contributed by atoms with E-state index in [1.165, 1.54) is 193 Å². The van der Waals surface area contributed by atoms with Gasteiger partial charge >= 0.3 is 0 Å². The summed E-state index contributed by atoms with van der Waals surface area (Å²) in [7, 11) is 0. The van der Waals surface area contributed by atoms with E-state index in [0.717, 1.165) is 38.5 Å². The third-order valence-electron chi connectivity index (χ3n) is 13.9. The number of rotatable bonds is 48. The van der Waals surface area contributed by atoms with Gasteiger partial charge in [0.2, 0.25) is 5.91 Å². The third-order valence-corrected chi connectivity index (χ3v) is 13.9. The number of hydrogen-bond donors (Lipinski definition) is 8. The molecule has 65 heavy (non-hydrogen) atoms. The first-order valence-electron chi connectivity index (χ1n) is 27.9. The van der Waals surface area contributed by atoms with Gasteiger partial charge in [0.15, 0.2) is 6.29 Å². The van der Waals surface area contributed by atoms with E-state index in [9.17, 15) is 40.5 Å². The van der Waals surface area contributed by atoms with Crippen LogP contribution in [-0.2, 0) is 14.3 Å². The molecule has 0 aromatic heterocycles. The summed E-state index contributed by atoms with van der Waals surface area (Å²) < 4.78 is 11.1. The molecule has 0 radical (unpaired) electrons. The van der Waals surface area contributed by atoms with Crippen molar-refractivity contribution in [1.82, 2.24) is 5.32 Å². The van der Waals surface area contributed by atoms with Gasteiger partial charge in [0, 0.05) is 0 Å². The van der Waals surface area contributed by atoms with Gasteiger partial charge in [-0.25, -0.2) is 0 Å². The zero-order chi connectivity index (χ0) is 47.6. The highest BCUT2D eigenvalue weighted by Gasteiger charge is 2.44. The van der Waals surface area contributed by atoms with Gasteiger partial charge in [-0.05, 0) is 12.8 Å². The molecule has 0 spiro atoms. The Kier molecular flexibility index (Phi) is 42.4. The summed E-state index contributed by atoms with van der Waals surface area (Å²) in [5.74, 6) is -0.690. The van der Waals surface area contributed by atoms with Crippen LogP contribution in [0.15, 0.2) is 0 Å². The molecule has 9 unspecified atom stereocenters. The monoisotopic (exact) mass is 930 g/mol. The van der Waals surface area contributed by atoms with Crippen LogP contribution in [0.25, 0.3) is 0 Å². The van der Waals surface area contributed by atoms with Crippen molar-refractivity contribution in [3.05, 3.63) is 0 Å². The van der Waals surface area contributed by atoms with Crippen LogP contribution in [0, 0.1) is 0 Å². The number of aliphatic hydroxyl groups excluding tert-OH is 7. The predicted octanol–water partition coefficient (Wildman–Crippen LogP) is 11.0. The van der Waals surface area contributed by atoms with Gasteiger partial charge < -0.3 is 50.5 Å². The van der Waals surface area contributed by atoms with Crippen LogP contribution >= 0.6 is 0 Å². The van der Waals surface area contributed by atoms with Crippen LogP contribution in [-0.4, -0.2) is 110 Å². The topological polar surface area (TPSA) is 189 Å². The molecule has 0 aliphatic carbocycles. The van der Waals surface area contributed by atoms with Crippen LogP contribution < -0.4 is 5.32 Å². The van der Waals surface area contributed by atoms with Crippen molar-refractivity contribution in [2.75, 3.05) is 13.2 Å². The molecule has 1 aliphatic heterocycles. The number of amides is 1. The van der Waals surface area contributed by atoms with Gasteiger partial charge in [0.1, 0.15) is 36.6 Å². The Morgan fingerprint density at radius 1 is 0.477 bits per heavy atom. The molecule has 1 aliphatic rings. The lowest BCUT2D eigenvalue weighted by molar-refractivity contribution is -0.303. The number of unbranched alkanes of at least 4 members (excludes halogenated alkanes) is 36. The molecule has 1 rings (SSSR count). The van der Waals surface area contributed by atoms with E-state index in [1.54, 1.807) is 0 Å². The van der Waals surface area contributed by atoms with Crippen molar-refractivity contribution in [3.8, 4) is 0 Å². The highest BCUT2D eigenvalue weighted by Crippen LogP contribution is 2.23. The molecule has 1 heterocycles. The molecule has 1 fully saturated rings. The molecule has 0 bridgehead atoms. The van der Waals surface area contributed by atoms with E-state index < -0.39 is 74.2 Å². The minimum atomic E-state index is -1.66. The maximum absolute atomic E-state index is 13.2. The van der Waals surface area contributed by atoms with Crippen LogP contribution in [0.3, 0.4) is 0 Å². The van der Waals surface area contributed by atoms with Gasteiger partial charge in [-0.15, -0.1) is 0 Å². The van der Waals surface area contributed by atoms with Crippen LogP contribution in [0.4, 0.5) is 0 Å². The lowest BCUT2D eigenvalue weighted by Crippen LogP contribution is -2.60. The first-order valence-corrected chi connectivity index (χ1v) is 27.9. The van der Waals surface area contributed by atoms with Crippen molar-refractivity contribution in [2.24, 2.45) is 0 Å². The molecular formula is C54H107NO10. The Morgan fingerprint density at radius 2 is 0.800 bits per heavy atom. The SMILES string of the molecule is CCCCCCCCCCCCCCCCCCCCCCC(O)C(=O)NC(COC1OC(CO)C(O)C(O)C1O)C(O)C(O)CCCCCCCCCCCCCCCCCCCC.